The predicted molar refractivity (Wildman–Crippen MR) is 70.9 cm³/mol. The third-order valence-corrected chi connectivity index (χ3v) is 4.23. The van der Waals surface area contributed by atoms with Gasteiger partial charge in [0.25, 0.3) is 0 Å². The molecule has 1 aromatic rings. The lowest BCUT2D eigenvalue weighted by molar-refractivity contribution is 0.616. The van der Waals surface area contributed by atoms with Gasteiger partial charge in [0.15, 0.2) is 0 Å². The van der Waals surface area contributed by atoms with Crippen molar-refractivity contribution in [2.24, 2.45) is 7.05 Å². The highest BCUT2D eigenvalue weighted by Crippen LogP contribution is 2.19. The average Bonchev–Trinajstić information content (AvgIpc) is 2.43. The smallest absolute Gasteiger partial charge is 0.0739 e. The van der Waals surface area contributed by atoms with Crippen LogP contribution in [0.1, 0.15) is 17.8 Å². The maximum Gasteiger partial charge on any atom is 0.0739 e. The molecule has 92 valence electrons. The first-order chi connectivity index (χ1) is 7.52. The molecule has 16 heavy (non-hydrogen) atoms. The van der Waals surface area contributed by atoms with Gasteiger partial charge < -0.3 is 5.32 Å². The van der Waals surface area contributed by atoms with Gasteiger partial charge in [0.2, 0.25) is 0 Å². The molecule has 0 spiro atoms. The lowest BCUT2D eigenvalue weighted by Gasteiger charge is -2.05. The topological polar surface area (TPSA) is 46.9 Å². The number of nitrogens with one attached hydrogen (secondary N) is 1. The number of aromatic nitrogens is 2. The molecule has 1 atom stereocenters. The Bertz CT molecular complexity index is 378. The van der Waals surface area contributed by atoms with Crippen molar-refractivity contribution in [2.45, 2.75) is 19.9 Å². The highest BCUT2D eigenvalue weighted by Gasteiger charge is 2.09. The fourth-order valence-electron chi connectivity index (χ4n) is 1.48. The zero-order chi connectivity index (χ0) is 12.1. The zero-order valence-corrected chi connectivity index (χ0v) is 12.3. The van der Waals surface area contributed by atoms with E-state index in [1.54, 1.807) is 6.26 Å². The predicted octanol–water partition coefficient (Wildman–Crippen LogP) is 1.35. The molecule has 0 aliphatic rings. The second-order valence-electron chi connectivity index (χ2n) is 3.78. The van der Waals surface area contributed by atoms with Gasteiger partial charge >= 0.3 is 0 Å². The van der Waals surface area contributed by atoms with Crippen LogP contribution in [-0.2, 0) is 24.4 Å². The van der Waals surface area contributed by atoms with Gasteiger partial charge in [-0.3, -0.25) is 8.89 Å². The molecular formula is C10H18BrN3OS. The van der Waals surface area contributed by atoms with Crippen LogP contribution < -0.4 is 5.32 Å². The van der Waals surface area contributed by atoms with Gasteiger partial charge in [-0.1, -0.05) is 0 Å². The van der Waals surface area contributed by atoms with Crippen molar-refractivity contribution in [1.29, 1.82) is 0 Å². The summed E-state index contributed by atoms with van der Waals surface area (Å²) in [4.78, 5) is 0. The van der Waals surface area contributed by atoms with Crippen LogP contribution >= 0.6 is 15.9 Å². The Morgan fingerprint density at radius 3 is 2.75 bits per heavy atom. The van der Waals surface area contributed by atoms with Crippen molar-refractivity contribution in [2.75, 3.05) is 18.6 Å². The van der Waals surface area contributed by atoms with Crippen LogP contribution in [-0.4, -0.2) is 32.5 Å². The first-order valence-electron chi connectivity index (χ1n) is 5.21. The Morgan fingerprint density at radius 2 is 2.25 bits per heavy atom. The Hall–Kier alpha value is -0.200. The maximum absolute atomic E-state index is 10.9. The molecule has 0 aliphatic heterocycles. The number of hydrogen-bond acceptors (Lipinski definition) is 3. The quantitative estimate of drug-likeness (QED) is 0.807. The van der Waals surface area contributed by atoms with E-state index in [4.69, 9.17) is 0 Å². The van der Waals surface area contributed by atoms with Crippen LogP contribution in [0.25, 0.3) is 0 Å². The number of nitrogens with zero attached hydrogens (tertiary/aromatic N) is 2. The van der Waals surface area contributed by atoms with E-state index in [9.17, 15) is 4.21 Å². The van der Waals surface area contributed by atoms with Gasteiger partial charge in [-0.15, -0.1) is 0 Å². The summed E-state index contributed by atoms with van der Waals surface area (Å²) in [7, 11) is 1.26. The number of hydrogen-bond donors (Lipinski definition) is 1. The van der Waals surface area contributed by atoms with Crippen molar-refractivity contribution < 1.29 is 4.21 Å². The molecule has 0 saturated heterocycles. The van der Waals surface area contributed by atoms with E-state index in [2.05, 4.69) is 26.3 Å². The van der Waals surface area contributed by atoms with Gasteiger partial charge in [0.1, 0.15) is 0 Å². The molecule has 0 fully saturated rings. The summed E-state index contributed by atoms with van der Waals surface area (Å²) in [5, 5.41) is 7.65. The van der Waals surface area contributed by atoms with Crippen molar-refractivity contribution in [1.82, 2.24) is 15.1 Å². The molecule has 1 aromatic heterocycles. The summed E-state index contributed by atoms with van der Waals surface area (Å²) in [5.74, 6) is 0.762. The lowest BCUT2D eigenvalue weighted by atomic mass is 10.3. The molecule has 0 bridgehead atoms. The van der Waals surface area contributed by atoms with Crippen molar-refractivity contribution in [3.63, 3.8) is 0 Å². The van der Waals surface area contributed by atoms with E-state index in [-0.39, 0.29) is 0 Å². The summed E-state index contributed by atoms with van der Waals surface area (Å²) in [6, 6.07) is 0. The van der Waals surface area contributed by atoms with Crippen LogP contribution in [0.2, 0.25) is 0 Å². The standard InChI is InChI=1S/C10H18BrN3OS/c1-8-10(11)9(14(2)13-8)7-12-5-4-6-16(3)15/h12H,4-7H2,1-3H3. The molecular weight excluding hydrogens is 290 g/mol. The average molecular weight is 308 g/mol. The van der Waals surface area contributed by atoms with Crippen LogP contribution in [0, 0.1) is 6.92 Å². The van der Waals surface area contributed by atoms with Gasteiger partial charge in [0.05, 0.1) is 15.9 Å². The molecule has 1 unspecified atom stereocenters. The first kappa shape index (κ1) is 13.9. The molecule has 1 N–H and O–H groups in total. The fourth-order valence-corrected chi connectivity index (χ4v) is 2.51. The monoisotopic (exact) mass is 307 g/mol. The van der Waals surface area contributed by atoms with E-state index in [1.807, 2.05) is 18.7 Å². The minimum Gasteiger partial charge on any atom is -0.311 e. The Balaban J connectivity index is 2.34. The van der Waals surface area contributed by atoms with E-state index in [0.717, 1.165) is 41.1 Å². The van der Waals surface area contributed by atoms with Crippen molar-refractivity contribution in [3.8, 4) is 0 Å². The highest BCUT2D eigenvalue weighted by atomic mass is 79.9. The van der Waals surface area contributed by atoms with Crippen LogP contribution in [0.4, 0.5) is 0 Å². The summed E-state index contributed by atoms with van der Waals surface area (Å²) in [6.45, 7) is 3.65. The minimum atomic E-state index is -0.685. The first-order valence-corrected chi connectivity index (χ1v) is 7.73. The Labute approximate surface area is 107 Å². The Morgan fingerprint density at radius 1 is 1.56 bits per heavy atom. The SMILES string of the molecule is Cc1nn(C)c(CNCCCS(C)=O)c1Br. The van der Waals surface area contributed by atoms with E-state index >= 15 is 0 Å². The fraction of sp³-hybridized carbons (Fsp3) is 0.700. The minimum absolute atomic E-state index is 0.685. The molecule has 1 rings (SSSR count). The van der Waals surface area contributed by atoms with Crippen molar-refractivity contribution in [3.05, 3.63) is 15.9 Å². The molecule has 0 saturated carbocycles. The summed E-state index contributed by atoms with van der Waals surface area (Å²) < 4.78 is 13.8. The zero-order valence-electron chi connectivity index (χ0n) is 9.92. The number of aryl methyl sites for hydroxylation is 2. The van der Waals surface area contributed by atoms with Crippen LogP contribution in [0.3, 0.4) is 0 Å². The van der Waals surface area contributed by atoms with Crippen molar-refractivity contribution >= 4 is 26.7 Å². The summed E-state index contributed by atoms with van der Waals surface area (Å²) >= 11 is 3.52. The van der Waals surface area contributed by atoms with Crippen LogP contribution in [0.5, 0.6) is 0 Å². The molecule has 0 aromatic carbocycles. The van der Waals surface area contributed by atoms with Gasteiger partial charge in [0, 0.05) is 36.4 Å². The molecule has 0 amide bonds. The normalized spacial score (nSPS) is 13.0. The Kier molecular flexibility index (Phi) is 5.64. The van der Waals surface area contributed by atoms with Gasteiger partial charge in [-0.25, -0.2) is 0 Å². The highest BCUT2D eigenvalue weighted by molar-refractivity contribution is 9.10. The van der Waals surface area contributed by atoms with E-state index < -0.39 is 10.8 Å². The van der Waals surface area contributed by atoms with Gasteiger partial charge in [-0.05, 0) is 35.8 Å². The maximum atomic E-state index is 10.9. The summed E-state index contributed by atoms with van der Waals surface area (Å²) in [5.41, 5.74) is 2.16. The van der Waals surface area contributed by atoms with E-state index in [1.165, 1.54) is 0 Å². The lowest BCUT2D eigenvalue weighted by Crippen LogP contribution is -2.18. The second kappa shape index (κ2) is 6.51. The second-order valence-corrected chi connectivity index (χ2v) is 6.12. The molecule has 1 heterocycles. The molecule has 0 aliphatic carbocycles. The number of halogens is 1. The third-order valence-electron chi connectivity index (χ3n) is 2.34. The van der Waals surface area contributed by atoms with Crippen LogP contribution in [0.15, 0.2) is 4.47 Å². The third kappa shape index (κ3) is 3.99. The van der Waals surface area contributed by atoms with E-state index in [0.29, 0.717) is 0 Å². The molecule has 6 heteroatoms. The van der Waals surface area contributed by atoms with Gasteiger partial charge in [-0.2, -0.15) is 5.10 Å². The largest absolute Gasteiger partial charge is 0.311 e. The number of rotatable bonds is 6. The molecule has 4 nitrogen and oxygen atoms in total. The molecule has 0 radical (unpaired) electrons. The summed E-state index contributed by atoms with van der Waals surface area (Å²) in [6.07, 6.45) is 2.68.